The van der Waals surface area contributed by atoms with Crippen molar-refractivity contribution < 1.29 is 22.4 Å². The van der Waals surface area contributed by atoms with Gasteiger partial charge >= 0.3 is 0 Å². The molecule has 214 valence electrons. The molecule has 0 unspecified atom stereocenters. The van der Waals surface area contributed by atoms with Crippen LogP contribution in [0.25, 0.3) is 0 Å². The lowest BCUT2D eigenvalue weighted by Crippen LogP contribution is -2.53. The van der Waals surface area contributed by atoms with Crippen molar-refractivity contribution in [3.63, 3.8) is 0 Å². The van der Waals surface area contributed by atoms with E-state index in [0.717, 1.165) is 34.5 Å². The number of carbonyl (C=O) groups is 2. The third-order valence-corrected chi connectivity index (χ3v) is 7.81. The summed E-state index contributed by atoms with van der Waals surface area (Å²) >= 11 is 0. The highest BCUT2D eigenvalue weighted by atomic mass is 32.2. The first-order chi connectivity index (χ1) is 19.0. The van der Waals surface area contributed by atoms with Gasteiger partial charge in [0.15, 0.2) is 0 Å². The molecule has 1 atom stereocenters. The Morgan fingerprint density at radius 3 is 2.25 bits per heavy atom. The molecule has 3 rings (SSSR count). The normalized spacial score (nSPS) is 12.0. The molecule has 0 heterocycles. The molecule has 0 fully saturated rings. The summed E-state index contributed by atoms with van der Waals surface area (Å²) in [7, 11) is -3.85. The van der Waals surface area contributed by atoms with Crippen LogP contribution in [0.3, 0.4) is 0 Å². The van der Waals surface area contributed by atoms with Crippen molar-refractivity contribution in [1.29, 1.82) is 0 Å². The number of hydrogen-bond donors (Lipinski definition) is 1. The Kier molecular flexibility index (Phi) is 10.8. The van der Waals surface area contributed by atoms with E-state index in [4.69, 9.17) is 0 Å². The fourth-order valence-corrected chi connectivity index (χ4v) is 5.33. The Morgan fingerprint density at radius 2 is 1.62 bits per heavy atom. The van der Waals surface area contributed by atoms with Crippen LogP contribution < -0.4 is 9.62 Å². The summed E-state index contributed by atoms with van der Waals surface area (Å²) in [6.07, 6.45) is 2.96. The van der Waals surface area contributed by atoms with E-state index in [1.165, 1.54) is 17.0 Å². The predicted molar refractivity (Wildman–Crippen MR) is 157 cm³/mol. The number of sulfonamides is 1. The van der Waals surface area contributed by atoms with E-state index >= 15 is 0 Å². The Labute approximate surface area is 237 Å². The van der Waals surface area contributed by atoms with Crippen molar-refractivity contribution in [3.8, 4) is 0 Å². The molecule has 9 heteroatoms. The maximum absolute atomic E-state index is 14.1. The molecular weight excluding hydrogens is 529 g/mol. The largest absolute Gasteiger partial charge is 0.354 e. The fraction of sp³-hybridized carbons (Fsp3) is 0.355. The molecule has 0 aliphatic rings. The lowest BCUT2D eigenvalue weighted by molar-refractivity contribution is -0.140. The van der Waals surface area contributed by atoms with Crippen LogP contribution in [-0.2, 0) is 32.6 Å². The van der Waals surface area contributed by atoms with E-state index in [1.807, 2.05) is 56.3 Å². The number of hydrogen-bond acceptors (Lipinski definition) is 4. The summed E-state index contributed by atoms with van der Waals surface area (Å²) in [4.78, 5) is 29.0. The number of unbranched alkanes of at least 4 members (excludes halogenated alkanes) is 1. The minimum atomic E-state index is -3.85. The number of nitrogens with zero attached hydrogens (tertiary/aromatic N) is 2. The second-order valence-electron chi connectivity index (χ2n) is 10.1. The zero-order valence-electron chi connectivity index (χ0n) is 23.6. The van der Waals surface area contributed by atoms with Gasteiger partial charge < -0.3 is 10.2 Å². The standard InChI is InChI=1S/C31H38FN3O4S/c1-5-6-18-33-31(37)29(20-25-10-8-7-9-11-25)34(21-26-14-16-27(32)17-15-26)30(36)22-35(40(4,38)39)28-19-23(2)12-13-24(28)3/h7-17,19,29H,5-6,18,20-22H2,1-4H3,(H,33,37)/t29-/m0/s1. The van der Waals surface area contributed by atoms with E-state index in [9.17, 15) is 22.4 Å². The lowest BCUT2D eigenvalue weighted by atomic mass is 10.0. The van der Waals surface area contributed by atoms with E-state index in [-0.39, 0.29) is 18.9 Å². The van der Waals surface area contributed by atoms with E-state index in [2.05, 4.69) is 5.32 Å². The molecule has 0 aliphatic carbocycles. The van der Waals surface area contributed by atoms with Gasteiger partial charge in [0.05, 0.1) is 11.9 Å². The summed E-state index contributed by atoms with van der Waals surface area (Å²) in [6, 6.07) is 19.6. The zero-order valence-corrected chi connectivity index (χ0v) is 24.4. The molecule has 40 heavy (non-hydrogen) atoms. The van der Waals surface area contributed by atoms with Gasteiger partial charge in [0, 0.05) is 19.5 Å². The van der Waals surface area contributed by atoms with Crippen LogP contribution in [0, 0.1) is 19.7 Å². The summed E-state index contributed by atoms with van der Waals surface area (Å²) < 4.78 is 40.7. The zero-order chi connectivity index (χ0) is 29.3. The maximum atomic E-state index is 14.1. The van der Waals surface area contributed by atoms with E-state index < -0.39 is 34.3 Å². The molecule has 0 bridgehead atoms. The number of carbonyl (C=O) groups excluding carboxylic acids is 2. The van der Waals surface area contributed by atoms with Crippen molar-refractivity contribution in [2.24, 2.45) is 0 Å². The topological polar surface area (TPSA) is 86.8 Å². The fourth-order valence-electron chi connectivity index (χ4n) is 4.43. The van der Waals surface area contributed by atoms with E-state index in [0.29, 0.717) is 23.4 Å². The van der Waals surface area contributed by atoms with Crippen molar-refractivity contribution in [2.75, 3.05) is 23.7 Å². The van der Waals surface area contributed by atoms with Gasteiger partial charge in [-0.3, -0.25) is 13.9 Å². The molecule has 0 saturated carbocycles. The summed E-state index contributed by atoms with van der Waals surface area (Å²) in [6.45, 7) is 5.62. The van der Waals surface area contributed by atoms with Crippen LogP contribution in [-0.4, -0.2) is 50.5 Å². The van der Waals surface area contributed by atoms with Crippen molar-refractivity contribution in [2.45, 2.75) is 52.6 Å². The highest BCUT2D eigenvalue weighted by molar-refractivity contribution is 7.92. The van der Waals surface area contributed by atoms with Gasteiger partial charge in [-0.05, 0) is 60.7 Å². The molecular formula is C31H38FN3O4S. The molecule has 1 N–H and O–H groups in total. The minimum Gasteiger partial charge on any atom is -0.354 e. The molecule has 3 aromatic rings. The van der Waals surface area contributed by atoms with Crippen LogP contribution in [0.15, 0.2) is 72.8 Å². The summed E-state index contributed by atoms with van der Waals surface area (Å²) in [5.41, 5.74) is 3.43. The average molecular weight is 568 g/mol. The number of aryl methyl sites for hydroxylation is 2. The second-order valence-corrected chi connectivity index (χ2v) is 12.0. The van der Waals surface area contributed by atoms with Crippen molar-refractivity contribution in [1.82, 2.24) is 10.2 Å². The first-order valence-corrected chi connectivity index (χ1v) is 15.2. The Bertz CT molecular complexity index is 1400. The van der Waals surface area contributed by atoms with E-state index in [1.54, 1.807) is 25.1 Å². The highest BCUT2D eigenvalue weighted by Crippen LogP contribution is 2.25. The number of amides is 2. The lowest BCUT2D eigenvalue weighted by Gasteiger charge is -2.34. The quantitative estimate of drug-likeness (QED) is 0.302. The third kappa shape index (κ3) is 8.64. The molecule has 7 nitrogen and oxygen atoms in total. The van der Waals surface area contributed by atoms with Crippen molar-refractivity contribution >= 4 is 27.5 Å². The smallest absolute Gasteiger partial charge is 0.244 e. The van der Waals surface area contributed by atoms with Crippen LogP contribution in [0.5, 0.6) is 0 Å². The molecule has 0 spiro atoms. The number of nitrogens with one attached hydrogen (secondary N) is 1. The van der Waals surface area contributed by atoms with Crippen molar-refractivity contribution in [3.05, 3.63) is 101 Å². The first-order valence-electron chi connectivity index (χ1n) is 13.4. The van der Waals surface area contributed by atoms with Gasteiger partial charge in [-0.25, -0.2) is 12.8 Å². The number of anilines is 1. The van der Waals surface area contributed by atoms with Gasteiger partial charge in [-0.1, -0.05) is 67.9 Å². The number of benzene rings is 3. The van der Waals surface area contributed by atoms with Crippen LogP contribution in [0.1, 0.15) is 42.0 Å². The summed E-state index contributed by atoms with van der Waals surface area (Å²) in [5.74, 6) is -1.29. The monoisotopic (exact) mass is 567 g/mol. The Balaban J connectivity index is 2.05. The summed E-state index contributed by atoms with van der Waals surface area (Å²) in [5, 5.41) is 2.94. The molecule has 3 aromatic carbocycles. The molecule has 0 saturated heterocycles. The molecule has 0 aliphatic heterocycles. The van der Waals surface area contributed by atoms with Crippen LogP contribution in [0.4, 0.5) is 10.1 Å². The maximum Gasteiger partial charge on any atom is 0.244 e. The highest BCUT2D eigenvalue weighted by Gasteiger charge is 2.33. The first kappa shape index (κ1) is 30.8. The van der Waals surface area contributed by atoms with Gasteiger partial charge in [-0.15, -0.1) is 0 Å². The van der Waals surface area contributed by atoms with Gasteiger partial charge in [0.25, 0.3) is 0 Å². The SMILES string of the molecule is CCCCNC(=O)[C@H](Cc1ccccc1)N(Cc1ccc(F)cc1)C(=O)CN(c1cc(C)ccc1C)S(C)(=O)=O. The Morgan fingerprint density at radius 1 is 0.950 bits per heavy atom. The predicted octanol–water partition coefficient (Wildman–Crippen LogP) is 4.76. The van der Waals surface area contributed by atoms with Crippen LogP contribution >= 0.6 is 0 Å². The van der Waals surface area contributed by atoms with Crippen LogP contribution in [0.2, 0.25) is 0 Å². The van der Waals surface area contributed by atoms with Gasteiger partial charge in [0.1, 0.15) is 18.4 Å². The number of rotatable bonds is 13. The number of halogens is 1. The van der Waals surface area contributed by atoms with Gasteiger partial charge in [0.2, 0.25) is 21.8 Å². The minimum absolute atomic E-state index is 0.00220. The van der Waals surface area contributed by atoms with Gasteiger partial charge in [-0.2, -0.15) is 0 Å². The average Bonchev–Trinajstić information content (AvgIpc) is 2.91. The third-order valence-electron chi connectivity index (χ3n) is 6.68. The molecule has 0 radical (unpaired) electrons. The molecule has 0 aromatic heterocycles. The Hall–Kier alpha value is -3.72. The second kappa shape index (κ2) is 14.1. The molecule has 2 amide bonds.